The van der Waals surface area contributed by atoms with Gasteiger partial charge >= 0.3 is 0 Å². The Labute approximate surface area is 149 Å². The molecule has 6 heteroatoms. The van der Waals surface area contributed by atoms with Gasteiger partial charge in [0.15, 0.2) is 5.65 Å². The number of benzene rings is 2. The number of aromatic nitrogens is 4. The second-order valence-corrected chi connectivity index (χ2v) is 5.24. The van der Waals surface area contributed by atoms with Crippen LogP contribution >= 0.6 is 0 Å². The molecule has 2 N–H and O–H groups in total. The van der Waals surface area contributed by atoms with E-state index in [9.17, 15) is 0 Å². The maximum absolute atomic E-state index is 4.43. The molecular weight excluding hydrogens is 312 g/mol. The molecule has 0 fully saturated rings. The summed E-state index contributed by atoms with van der Waals surface area (Å²) >= 11 is 0. The van der Waals surface area contributed by atoms with Gasteiger partial charge < -0.3 is 4.98 Å². The second kappa shape index (κ2) is 7.53. The fourth-order valence-corrected chi connectivity index (χ4v) is 2.49. The summed E-state index contributed by atoms with van der Waals surface area (Å²) in [4.78, 5) is 7.72. The monoisotopic (exact) mass is 336 g/mol. The number of aryl methyl sites for hydroxylation is 1. The number of hydrogen-bond acceptors (Lipinski definition) is 5. The number of hydrazone groups is 1. The van der Waals surface area contributed by atoms with E-state index in [1.807, 2.05) is 56.3 Å². The Morgan fingerprint density at radius 3 is 2.64 bits per heavy atom. The molecule has 130 valence electrons. The lowest BCUT2D eigenvalue weighted by molar-refractivity contribution is 1.01. The van der Waals surface area contributed by atoms with Gasteiger partial charge in [-0.1, -0.05) is 62.4 Å². The van der Waals surface area contributed by atoms with Gasteiger partial charge in [-0.15, -0.1) is 10.2 Å². The molecule has 0 radical (unpaired) electrons. The third-order valence-electron chi connectivity index (χ3n) is 3.64. The molecule has 0 aliphatic heterocycles. The number of para-hydroxylation sites is 1. The Kier molecular flexibility index (Phi) is 4.99. The number of rotatable bonds is 3. The molecular formula is C19H24N6. The highest BCUT2D eigenvalue weighted by Crippen LogP contribution is 2.24. The molecule has 0 saturated heterocycles. The van der Waals surface area contributed by atoms with Crippen molar-refractivity contribution in [3.05, 3.63) is 59.7 Å². The van der Waals surface area contributed by atoms with Crippen molar-refractivity contribution in [2.24, 2.45) is 5.10 Å². The predicted octanol–water partition coefficient (Wildman–Crippen LogP) is 4.78. The highest BCUT2D eigenvalue weighted by atomic mass is 15.4. The summed E-state index contributed by atoms with van der Waals surface area (Å²) in [6.45, 7) is 6.05. The number of H-pyrrole nitrogens is 1. The van der Waals surface area contributed by atoms with Crippen molar-refractivity contribution in [2.45, 2.75) is 20.8 Å². The third-order valence-corrected chi connectivity index (χ3v) is 3.64. The average Bonchev–Trinajstić information content (AvgIpc) is 3.04. The fourth-order valence-electron chi connectivity index (χ4n) is 2.49. The number of fused-ring (bicyclic) bond motifs is 3. The average molecular weight is 336 g/mol. The lowest BCUT2D eigenvalue weighted by Crippen LogP contribution is -1.98. The van der Waals surface area contributed by atoms with Crippen LogP contribution in [-0.4, -0.2) is 26.4 Å². The smallest absolute Gasteiger partial charge is 0.265 e. The highest BCUT2D eigenvalue weighted by Gasteiger charge is 2.09. The first kappa shape index (κ1) is 16.6. The minimum absolute atomic E-state index is 0. The molecule has 0 amide bonds. The van der Waals surface area contributed by atoms with Crippen molar-refractivity contribution in [1.29, 1.82) is 0 Å². The number of hydrogen-bond donors (Lipinski definition) is 2. The molecule has 6 nitrogen and oxygen atoms in total. The molecule has 0 atom stereocenters. The SMILES string of the molecule is CC.Cc1cccc2c1[nH]c1nc(N/N=C/c3ccccc3)nnc12.[HH].[HH]. The van der Waals surface area contributed by atoms with Crippen LogP contribution in [0.3, 0.4) is 0 Å². The summed E-state index contributed by atoms with van der Waals surface area (Å²) in [5.74, 6) is 0.355. The van der Waals surface area contributed by atoms with E-state index < -0.39 is 0 Å². The van der Waals surface area contributed by atoms with Gasteiger partial charge in [-0.25, -0.2) is 5.43 Å². The summed E-state index contributed by atoms with van der Waals surface area (Å²) in [7, 11) is 0. The molecule has 4 aromatic rings. The van der Waals surface area contributed by atoms with Gasteiger partial charge in [0, 0.05) is 8.24 Å². The summed E-state index contributed by atoms with van der Waals surface area (Å²) in [5, 5.41) is 13.5. The van der Waals surface area contributed by atoms with Crippen molar-refractivity contribution >= 4 is 34.2 Å². The van der Waals surface area contributed by atoms with Crippen LogP contribution in [0.4, 0.5) is 5.95 Å². The summed E-state index contributed by atoms with van der Waals surface area (Å²) in [6.07, 6.45) is 1.71. The van der Waals surface area contributed by atoms with Crippen LogP contribution in [0.15, 0.2) is 53.6 Å². The zero-order valence-corrected chi connectivity index (χ0v) is 14.5. The minimum atomic E-state index is 0. The third kappa shape index (κ3) is 3.47. The molecule has 0 bridgehead atoms. The molecule has 0 saturated carbocycles. The fraction of sp³-hybridized carbons (Fsp3) is 0.158. The Morgan fingerprint density at radius 1 is 1.04 bits per heavy atom. The highest BCUT2D eigenvalue weighted by molar-refractivity contribution is 6.04. The van der Waals surface area contributed by atoms with Gasteiger partial charge in [0.25, 0.3) is 5.95 Å². The minimum Gasteiger partial charge on any atom is -0.337 e. The number of anilines is 1. The zero-order valence-electron chi connectivity index (χ0n) is 14.5. The maximum Gasteiger partial charge on any atom is 0.265 e. The largest absolute Gasteiger partial charge is 0.337 e. The van der Waals surface area contributed by atoms with E-state index >= 15 is 0 Å². The molecule has 2 heterocycles. The van der Waals surface area contributed by atoms with E-state index in [0.29, 0.717) is 11.6 Å². The predicted molar refractivity (Wildman–Crippen MR) is 107 cm³/mol. The van der Waals surface area contributed by atoms with Crippen LogP contribution in [0.5, 0.6) is 0 Å². The number of nitrogens with zero attached hydrogens (tertiary/aromatic N) is 4. The van der Waals surface area contributed by atoms with Crippen molar-refractivity contribution in [3.63, 3.8) is 0 Å². The van der Waals surface area contributed by atoms with Gasteiger partial charge in [-0.3, -0.25) is 0 Å². The lowest BCUT2D eigenvalue weighted by Gasteiger charge is -1.97. The van der Waals surface area contributed by atoms with Crippen LogP contribution in [0.25, 0.3) is 22.1 Å². The normalized spacial score (nSPS) is 10.8. The van der Waals surface area contributed by atoms with Crippen molar-refractivity contribution in [1.82, 2.24) is 20.2 Å². The Hall–Kier alpha value is -3.28. The Bertz CT molecular complexity index is 1010. The second-order valence-electron chi connectivity index (χ2n) is 5.24. The first-order chi connectivity index (χ1) is 12.3. The molecule has 0 spiro atoms. The maximum atomic E-state index is 4.43. The van der Waals surface area contributed by atoms with Gasteiger partial charge in [0.05, 0.1) is 11.7 Å². The first-order valence-electron chi connectivity index (χ1n) is 8.27. The van der Waals surface area contributed by atoms with Crippen LogP contribution < -0.4 is 5.43 Å². The molecule has 2 aromatic carbocycles. The number of aromatic amines is 1. The van der Waals surface area contributed by atoms with E-state index in [2.05, 4.69) is 43.7 Å². The molecule has 2 aromatic heterocycles. The van der Waals surface area contributed by atoms with Crippen molar-refractivity contribution in [3.8, 4) is 0 Å². The van der Waals surface area contributed by atoms with Gasteiger partial charge in [-0.05, 0) is 18.1 Å². The lowest BCUT2D eigenvalue weighted by atomic mass is 10.1. The van der Waals surface area contributed by atoms with E-state index in [1.54, 1.807) is 6.21 Å². The molecule has 25 heavy (non-hydrogen) atoms. The summed E-state index contributed by atoms with van der Waals surface area (Å²) in [6, 6.07) is 15.9. The zero-order chi connectivity index (χ0) is 17.6. The molecule has 4 rings (SSSR count). The van der Waals surface area contributed by atoms with E-state index in [-0.39, 0.29) is 2.85 Å². The van der Waals surface area contributed by atoms with Crippen LogP contribution in [-0.2, 0) is 0 Å². The first-order valence-corrected chi connectivity index (χ1v) is 8.27. The van der Waals surface area contributed by atoms with Crippen LogP contribution in [0.2, 0.25) is 0 Å². The van der Waals surface area contributed by atoms with Crippen LogP contribution in [0.1, 0.15) is 27.8 Å². The molecule has 0 aliphatic rings. The van der Waals surface area contributed by atoms with Crippen LogP contribution in [0, 0.1) is 6.92 Å². The van der Waals surface area contributed by atoms with E-state index in [1.165, 1.54) is 0 Å². The van der Waals surface area contributed by atoms with E-state index in [0.717, 1.165) is 27.5 Å². The van der Waals surface area contributed by atoms with Gasteiger partial charge in [0.2, 0.25) is 0 Å². The standard InChI is InChI=1S/C17H14N6.C2H6.2H2/c1-11-6-5-9-13-14(11)19-16-15(13)21-23-17(20-16)22-18-10-12-7-3-2-4-8-12;1-2;;/h2-10H,1H3,(H2,19,20,22,23);1-2H3;2*1H/b18-10+;;;. The van der Waals surface area contributed by atoms with E-state index in [4.69, 9.17) is 0 Å². The Balaban J connectivity index is 0.000000883. The van der Waals surface area contributed by atoms with Gasteiger partial charge in [0.1, 0.15) is 5.52 Å². The summed E-state index contributed by atoms with van der Waals surface area (Å²) in [5.41, 5.74) is 7.45. The van der Waals surface area contributed by atoms with Crippen molar-refractivity contribution in [2.75, 3.05) is 5.43 Å². The van der Waals surface area contributed by atoms with Gasteiger partial charge in [-0.2, -0.15) is 10.1 Å². The van der Waals surface area contributed by atoms with Crippen molar-refractivity contribution < 1.29 is 2.85 Å². The quantitative estimate of drug-likeness (QED) is 0.417. The molecule has 0 unspecified atom stereocenters. The Morgan fingerprint density at radius 2 is 1.84 bits per heavy atom. The topological polar surface area (TPSA) is 78.9 Å². The summed E-state index contributed by atoms with van der Waals surface area (Å²) < 4.78 is 0. The molecule has 0 aliphatic carbocycles. The number of nitrogens with one attached hydrogen (secondary N) is 2.